The fourth-order valence-corrected chi connectivity index (χ4v) is 3.67. The molecule has 3 heterocycles. The lowest BCUT2D eigenvalue weighted by atomic mass is 10.0. The predicted octanol–water partition coefficient (Wildman–Crippen LogP) is 5.04. The molecule has 5 rings (SSSR count). The van der Waals surface area contributed by atoms with E-state index in [0.29, 0.717) is 5.69 Å². The first kappa shape index (κ1) is 18.1. The number of amides is 1. The minimum Gasteiger partial charge on any atom is -0.344 e. The third kappa shape index (κ3) is 3.31. The molecule has 1 atom stereocenters. The van der Waals surface area contributed by atoms with E-state index in [4.69, 9.17) is 0 Å². The summed E-state index contributed by atoms with van der Waals surface area (Å²) in [5.41, 5.74) is 5.34. The first-order valence-electron chi connectivity index (χ1n) is 9.87. The number of hydrogen-bond acceptors (Lipinski definition) is 3. The molecule has 1 amide bonds. The van der Waals surface area contributed by atoms with Crippen molar-refractivity contribution in [2.45, 2.75) is 13.0 Å². The number of benzene rings is 2. The van der Waals surface area contributed by atoms with Crippen LogP contribution in [0.3, 0.4) is 0 Å². The fraction of sp³-hybridized carbons (Fsp3) is 0.0800. The largest absolute Gasteiger partial charge is 0.344 e. The SMILES string of the molecule is C[C@H](NC(=O)c1cnc2ccc(-c3ccc4ncccc4c3)cn12)c1ccccc1. The summed E-state index contributed by atoms with van der Waals surface area (Å²) in [4.78, 5) is 21.7. The highest BCUT2D eigenvalue weighted by molar-refractivity contribution is 5.94. The van der Waals surface area contributed by atoms with Gasteiger partial charge in [0.1, 0.15) is 11.3 Å². The van der Waals surface area contributed by atoms with Crippen LogP contribution in [0.5, 0.6) is 0 Å². The number of imidazole rings is 1. The van der Waals surface area contributed by atoms with Crippen LogP contribution in [-0.2, 0) is 0 Å². The molecule has 5 heteroatoms. The quantitative estimate of drug-likeness (QED) is 0.466. The molecule has 1 N–H and O–H groups in total. The molecule has 0 saturated carbocycles. The van der Waals surface area contributed by atoms with Gasteiger partial charge in [0.25, 0.3) is 5.91 Å². The van der Waals surface area contributed by atoms with Crippen molar-refractivity contribution in [1.29, 1.82) is 0 Å². The van der Waals surface area contributed by atoms with Crippen LogP contribution in [0.4, 0.5) is 0 Å². The highest BCUT2D eigenvalue weighted by Gasteiger charge is 2.16. The topological polar surface area (TPSA) is 59.3 Å². The van der Waals surface area contributed by atoms with Gasteiger partial charge in [-0.3, -0.25) is 14.2 Å². The molecule has 5 aromatic rings. The molecular weight excluding hydrogens is 372 g/mol. The van der Waals surface area contributed by atoms with Crippen molar-refractivity contribution in [3.63, 3.8) is 0 Å². The van der Waals surface area contributed by atoms with Crippen LogP contribution in [0.15, 0.2) is 91.4 Å². The Labute approximate surface area is 174 Å². The van der Waals surface area contributed by atoms with Crippen molar-refractivity contribution in [2.24, 2.45) is 0 Å². The molecule has 2 aromatic carbocycles. The van der Waals surface area contributed by atoms with E-state index < -0.39 is 0 Å². The third-order valence-electron chi connectivity index (χ3n) is 5.32. The number of rotatable bonds is 4. The van der Waals surface area contributed by atoms with Crippen molar-refractivity contribution >= 4 is 22.5 Å². The Bertz CT molecular complexity index is 1360. The third-order valence-corrected chi connectivity index (χ3v) is 5.32. The van der Waals surface area contributed by atoms with Crippen LogP contribution in [-0.4, -0.2) is 20.3 Å². The van der Waals surface area contributed by atoms with E-state index in [-0.39, 0.29) is 11.9 Å². The second-order valence-corrected chi connectivity index (χ2v) is 7.31. The highest BCUT2D eigenvalue weighted by Crippen LogP contribution is 2.24. The fourth-order valence-electron chi connectivity index (χ4n) is 3.67. The Hall–Kier alpha value is -3.99. The molecule has 5 nitrogen and oxygen atoms in total. The number of nitrogens with zero attached hydrogens (tertiary/aromatic N) is 3. The van der Waals surface area contributed by atoms with Gasteiger partial charge in [-0.25, -0.2) is 4.98 Å². The van der Waals surface area contributed by atoms with Gasteiger partial charge in [0, 0.05) is 17.8 Å². The minimum atomic E-state index is -0.154. The van der Waals surface area contributed by atoms with Gasteiger partial charge in [-0.1, -0.05) is 42.5 Å². The number of nitrogens with one attached hydrogen (secondary N) is 1. The second kappa shape index (κ2) is 7.44. The van der Waals surface area contributed by atoms with Gasteiger partial charge < -0.3 is 5.32 Å². The van der Waals surface area contributed by atoms with E-state index >= 15 is 0 Å². The Kier molecular flexibility index (Phi) is 4.48. The number of hydrogen-bond donors (Lipinski definition) is 1. The summed E-state index contributed by atoms with van der Waals surface area (Å²) in [6.07, 6.45) is 5.37. The standard InChI is InChI=1S/C25H20N4O/c1-17(18-6-3-2-4-7-18)28-25(30)23-15-27-24-12-10-21(16-29(23)24)19-9-11-22-20(14-19)8-5-13-26-22/h2-17H,1H3,(H,28,30)/t17-/m0/s1. The molecular formula is C25H20N4O. The summed E-state index contributed by atoms with van der Waals surface area (Å²) in [7, 11) is 0. The number of carbonyl (C=O) groups is 1. The van der Waals surface area contributed by atoms with E-state index in [2.05, 4.69) is 21.4 Å². The van der Waals surface area contributed by atoms with Crippen LogP contribution < -0.4 is 5.32 Å². The summed E-state index contributed by atoms with van der Waals surface area (Å²) in [5, 5.41) is 4.15. The first-order valence-corrected chi connectivity index (χ1v) is 9.87. The summed E-state index contributed by atoms with van der Waals surface area (Å²) >= 11 is 0. The Balaban J connectivity index is 1.48. The molecule has 0 radical (unpaired) electrons. The lowest BCUT2D eigenvalue weighted by Crippen LogP contribution is -2.27. The molecule has 0 bridgehead atoms. The number of aromatic nitrogens is 3. The zero-order chi connectivity index (χ0) is 20.5. The Morgan fingerprint density at radius 1 is 0.933 bits per heavy atom. The number of carbonyl (C=O) groups excluding carboxylic acids is 1. The van der Waals surface area contributed by atoms with Crippen molar-refractivity contribution in [1.82, 2.24) is 19.7 Å². The lowest BCUT2D eigenvalue weighted by molar-refractivity contribution is 0.0934. The van der Waals surface area contributed by atoms with Gasteiger partial charge in [0.05, 0.1) is 17.8 Å². The van der Waals surface area contributed by atoms with E-state index in [1.807, 2.05) is 84.3 Å². The maximum absolute atomic E-state index is 12.9. The van der Waals surface area contributed by atoms with Gasteiger partial charge in [-0.05, 0) is 53.9 Å². The van der Waals surface area contributed by atoms with E-state index in [0.717, 1.165) is 33.2 Å². The maximum atomic E-state index is 12.9. The molecule has 0 spiro atoms. The van der Waals surface area contributed by atoms with Gasteiger partial charge in [0.15, 0.2) is 0 Å². The molecule has 146 valence electrons. The minimum absolute atomic E-state index is 0.0968. The van der Waals surface area contributed by atoms with Crippen molar-refractivity contribution in [2.75, 3.05) is 0 Å². The zero-order valence-corrected chi connectivity index (χ0v) is 16.5. The molecule has 0 aliphatic carbocycles. The zero-order valence-electron chi connectivity index (χ0n) is 16.5. The number of pyridine rings is 2. The van der Waals surface area contributed by atoms with Crippen LogP contribution >= 0.6 is 0 Å². The van der Waals surface area contributed by atoms with Crippen LogP contribution in [0.25, 0.3) is 27.7 Å². The molecule has 0 aliphatic heterocycles. The van der Waals surface area contributed by atoms with Crippen molar-refractivity contribution in [3.05, 3.63) is 103 Å². The average molecular weight is 392 g/mol. The number of fused-ring (bicyclic) bond motifs is 2. The first-order chi connectivity index (χ1) is 14.7. The summed E-state index contributed by atoms with van der Waals surface area (Å²) < 4.78 is 1.84. The van der Waals surface area contributed by atoms with Crippen LogP contribution in [0.2, 0.25) is 0 Å². The smallest absolute Gasteiger partial charge is 0.270 e. The van der Waals surface area contributed by atoms with Gasteiger partial charge in [-0.2, -0.15) is 0 Å². The molecule has 30 heavy (non-hydrogen) atoms. The predicted molar refractivity (Wildman–Crippen MR) is 118 cm³/mol. The van der Waals surface area contributed by atoms with E-state index in [1.165, 1.54) is 0 Å². The highest BCUT2D eigenvalue weighted by atomic mass is 16.2. The Morgan fingerprint density at radius 3 is 2.63 bits per heavy atom. The molecule has 0 fully saturated rings. The monoisotopic (exact) mass is 392 g/mol. The molecule has 0 saturated heterocycles. The van der Waals surface area contributed by atoms with E-state index in [9.17, 15) is 4.79 Å². The Morgan fingerprint density at radius 2 is 1.77 bits per heavy atom. The van der Waals surface area contributed by atoms with Crippen molar-refractivity contribution in [3.8, 4) is 11.1 Å². The molecule has 3 aromatic heterocycles. The average Bonchev–Trinajstić information content (AvgIpc) is 3.22. The van der Waals surface area contributed by atoms with Crippen LogP contribution in [0, 0.1) is 0 Å². The van der Waals surface area contributed by atoms with Gasteiger partial charge in [-0.15, -0.1) is 0 Å². The van der Waals surface area contributed by atoms with Gasteiger partial charge in [0.2, 0.25) is 0 Å². The molecule has 0 unspecified atom stereocenters. The lowest BCUT2D eigenvalue weighted by Gasteiger charge is -2.14. The summed E-state index contributed by atoms with van der Waals surface area (Å²) in [6, 6.07) is 23.9. The van der Waals surface area contributed by atoms with Crippen LogP contribution in [0.1, 0.15) is 29.0 Å². The summed E-state index contributed by atoms with van der Waals surface area (Å²) in [6.45, 7) is 1.98. The van der Waals surface area contributed by atoms with E-state index in [1.54, 1.807) is 12.4 Å². The molecule has 0 aliphatic rings. The normalized spacial score (nSPS) is 12.2. The maximum Gasteiger partial charge on any atom is 0.270 e. The van der Waals surface area contributed by atoms with Gasteiger partial charge >= 0.3 is 0 Å². The van der Waals surface area contributed by atoms with Crippen molar-refractivity contribution < 1.29 is 4.79 Å². The second-order valence-electron chi connectivity index (χ2n) is 7.31. The summed E-state index contributed by atoms with van der Waals surface area (Å²) in [5.74, 6) is -0.154.